The van der Waals surface area contributed by atoms with E-state index in [9.17, 15) is 14.4 Å². The van der Waals surface area contributed by atoms with Crippen LogP contribution < -0.4 is 10.6 Å². The molecule has 0 aromatic rings. The van der Waals surface area contributed by atoms with Crippen molar-refractivity contribution in [3.8, 4) is 0 Å². The van der Waals surface area contributed by atoms with E-state index in [0.717, 1.165) is 4.90 Å². The lowest BCUT2D eigenvalue weighted by molar-refractivity contribution is -0.126. The zero-order valence-electron chi connectivity index (χ0n) is 9.58. The van der Waals surface area contributed by atoms with Crippen LogP contribution in [0.3, 0.4) is 0 Å². The summed E-state index contributed by atoms with van der Waals surface area (Å²) in [6.07, 6.45) is 0.458. The Morgan fingerprint density at radius 3 is 2.69 bits per heavy atom. The molecule has 90 valence electrons. The second kappa shape index (κ2) is 5.48. The zero-order valence-corrected chi connectivity index (χ0v) is 9.58. The highest BCUT2D eigenvalue weighted by molar-refractivity contribution is 6.01. The molecule has 1 fully saturated rings. The van der Waals surface area contributed by atoms with Gasteiger partial charge in [-0.1, -0.05) is 13.8 Å². The largest absolute Gasteiger partial charge is 0.354 e. The number of carbonyl (C=O) groups excluding carboxylic acids is 3. The van der Waals surface area contributed by atoms with Gasteiger partial charge in [0.25, 0.3) is 0 Å². The Labute approximate surface area is 94.4 Å². The third-order valence-electron chi connectivity index (χ3n) is 2.19. The van der Waals surface area contributed by atoms with Gasteiger partial charge < -0.3 is 10.6 Å². The SMILES string of the molecule is CC(C)CC(=O)NCCN1C(=O)CNC1=O. The Balaban J connectivity index is 2.22. The van der Waals surface area contributed by atoms with Crippen LogP contribution in [0.2, 0.25) is 0 Å². The Morgan fingerprint density at radius 2 is 2.19 bits per heavy atom. The molecule has 2 N–H and O–H groups in total. The van der Waals surface area contributed by atoms with Crippen LogP contribution in [0.1, 0.15) is 20.3 Å². The van der Waals surface area contributed by atoms with Gasteiger partial charge in [0.05, 0.1) is 6.54 Å². The van der Waals surface area contributed by atoms with Crippen molar-refractivity contribution in [3.05, 3.63) is 0 Å². The molecule has 1 heterocycles. The standard InChI is InChI=1S/C10H17N3O3/c1-7(2)5-8(14)11-3-4-13-9(15)6-12-10(13)16/h7H,3-6H2,1-2H3,(H,11,14)(H,12,16). The van der Waals surface area contributed by atoms with Crippen LogP contribution in [0, 0.1) is 5.92 Å². The number of rotatable bonds is 5. The van der Waals surface area contributed by atoms with Gasteiger partial charge in [0.15, 0.2) is 0 Å². The maximum Gasteiger partial charge on any atom is 0.324 e. The fourth-order valence-electron chi connectivity index (χ4n) is 1.43. The first kappa shape index (κ1) is 12.5. The summed E-state index contributed by atoms with van der Waals surface area (Å²) in [5.74, 6) is 0.00174. The van der Waals surface area contributed by atoms with E-state index in [1.807, 2.05) is 13.8 Å². The molecule has 0 atom stereocenters. The van der Waals surface area contributed by atoms with Gasteiger partial charge in [-0.3, -0.25) is 14.5 Å². The second-order valence-corrected chi connectivity index (χ2v) is 4.15. The molecule has 6 nitrogen and oxygen atoms in total. The van der Waals surface area contributed by atoms with Crippen molar-refractivity contribution in [3.63, 3.8) is 0 Å². The van der Waals surface area contributed by atoms with Crippen LogP contribution in [0.5, 0.6) is 0 Å². The molecule has 1 aliphatic rings. The molecule has 0 bridgehead atoms. The summed E-state index contributed by atoms with van der Waals surface area (Å²) in [6.45, 7) is 4.51. The van der Waals surface area contributed by atoms with Crippen LogP contribution >= 0.6 is 0 Å². The molecule has 0 radical (unpaired) electrons. The first-order chi connectivity index (χ1) is 7.50. The maximum absolute atomic E-state index is 11.3. The summed E-state index contributed by atoms with van der Waals surface area (Å²) in [5.41, 5.74) is 0. The minimum absolute atomic E-state index is 0.0537. The normalized spacial score (nSPS) is 15.6. The predicted octanol–water partition coefficient (Wildman–Crippen LogP) is -0.299. The molecule has 0 spiro atoms. The Bertz CT molecular complexity index is 286. The van der Waals surface area contributed by atoms with Gasteiger partial charge in [-0.2, -0.15) is 0 Å². The minimum atomic E-state index is -0.386. The predicted molar refractivity (Wildman–Crippen MR) is 57.6 cm³/mol. The van der Waals surface area contributed by atoms with Gasteiger partial charge in [0.1, 0.15) is 0 Å². The van der Waals surface area contributed by atoms with Crippen molar-refractivity contribution in [1.29, 1.82) is 0 Å². The number of hydrogen-bond donors (Lipinski definition) is 2. The first-order valence-electron chi connectivity index (χ1n) is 5.35. The van der Waals surface area contributed by atoms with E-state index in [0.29, 0.717) is 18.9 Å². The number of hydrogen-bond acceptors (Lipinski definition) is 3. The number of carbonyl (C=O) groups is 3. The summed E-state index contributed by atoms with van der Waals surface area (Å²) >= 11 is 0. The molecule has 16 heavy (non-hydrogen) atoms. The van der Waals surface area contributed by atoms with Gasteiger partial charge in [-0.15, -0.1) is 0 Å². The molecule has 0 saturated carbocycles. The fraction of sp³-hybridized carbons (Fsp3) is 0.700. The molecule has 0 aromatic carbocycles. The van der Waals surface area contributed by atoms with E-state index in [-0.39, 0.29) is 30.9 Å². The summed E-state index contributed by atoms with van der Waals surface area (Å²) < 4.78 is 0. The van der Waals surface area contributed by atoms with Gasteiger partial charge >= 0.3 is 6.03 Å². The third kappa shape index (κ3) is 3.52. The van der Waals surface area contributed by atoms with Crippen molar-refractivity contribution in [2.75, 3.05) is 19.6 Å². The molecule has 6 heteroatoms. The fourth-order valence-corrected chi connectivity index (χ4v) is 1.43. The molecule has 0 aromatic heterocycles. The molecule has 1 aliphatic heterocycles. The summed E-state index contributed by atoms with van der Waals surface area (Å²) in [6, 6.07) is -0.386. The highest BCUT2D eigenvalue weighted by Gasteiger charge is 2.27. The average Bonchev–Trinajstić information content (AvgIpc) is 2.47. The van der Waals surface area contributed by atoms with Crippen LogP contribution in [-0.2, 0) is 9.59 Å². The lowest BCUT2D eigenvalue weighted by Crippen LogP contribution is -2.38. The van der Waals surface area contributed by atoms with Gasteiger partial charge in [-0.25, -0.2) is 4.79 Å². The average molecular weight is 227 g/mol. The van der Waals surface area contributed by atoms with E-state index >= 15 is 0 Å². The highest BCUT2D eigenvalue weighted by atomic mass is 16.2. The minimum Gasteiger partial charge on any atom is -0.354 e. The first-order valence-corrected chi connectivity index (χ1v) is 5.35. The summed E-state index contributed by atoms with van der Waals surface area (Å²) in [7, 11) is 0. The smallest absolute Gasteiger partial charge is 0.324 e. The molecule has 1 rings (SSSR count). The van der Waals surface area contributed by atoms with Gasteiger partial charge in [-0.05, 0) is 5.92 Å². The lowest BCUT2D eigenvalue weighted by Gasteiger charge is -2.13. The molecule has 0 aliphatic carbocycles. The van der Waals surface area contributed by atoms with E-state index < -0.39 is 0 Å². The number of amides is 4. The zero-order chi connectivity index (χ0) is 12.1. The van der Waals surface area contributed by atoms with E-state index in [1.54, 1.807) is 0 Å². The quantitative estimate of drug-likeness (QED) is 0.633. The van der Waals surface area contributed by atoms with E-state index in [4.69, 9.17) is 0 Å². The molecular weight excluding hydrogens is 210 g/mol. The second-order valence-electron chi connectivity index (χ2n) is 4.15. The monoisotopic (exact) mass is 227 g/mol. The molecule has 1 saturated heterocycles. The van der Waals surface area contributed by atoms with Crippen molar-refractivity contribution in [1.82, 2.24) is 15.5 Å². The van der Waals surface area contributed by atoms with Crippen molar-refractivity contribution < 1.29 is 14.4 Å². The number of imide groups is 1. The van der Waals surface area contributed by atoms with Crippen LogP contribution in [0.25, 0.3) is 0 Å². The van der Waals surface area contributed by atoms with Gasteiger partial charge in [0.2, 0.25) is 11.8 Å². The number of nitrogens with one attached hydrogen (secondary N) is 2. The van der Waals surface area contributed by atoms with Crippen LogP contribution in [-0.4, -0.2) is 42.4 Å². The number of urea groups is 1. The van der Waals surface area contributed by atoms with Crippen molar-refractivity contribution in [2.24, 2.45) is 5.92 Å². The highest BCUT2D eigenvalue weighted by Crippen LogP contribution is 1.99. The van der Waals surface area contributed by atoms with Crippen molar-refractivity contribution >= 4 is 17.8 Å². The summed E-state index contributed by atoms with van der Waals surface area (Å²) in [4.78, 5) is 34.7. The Hall–Kier alpha value is -1.59. The molecular formula is C10H17N3O3. The summed E-state index contributed by atoms with van der Waals surface area (Å²) in [5, 5.41) is 5.08. The molecule has 4 amide bonds. The Morgan fingerprint density at radius 1 is 1.50 bits per heavy atom. The van der Waals surface area contributed by atoms with E-state index in [1.165, 1.54) is 0 Å². The topological polar surface area (TPSA) is 78.5 Å². The molecule has 0 unspecified atom stereocenters. The lowest BCUT2D eigenvalue weighted by atomic mass is 10.1. The number of nitrogens with zero attached hydrogens (tertiary/aromatic N) is 1. The third-order valence-corrected chi connectivity index (χ3v) is 2.19. The van der Waals surface area contributed by atoms with E-state index in [2.05, 4.69) is 10.6 Å². The van der Waals surface area contributed by atoms with Crippen LogP contribution in [0.15, 0.2) is 0 Å². The van der Waals surface area contributed by atoms with Crippen molar-refractivity contribution in [2.45, 2.75) is 20.3 Å². The van der Waals surface area contributed by atoms with Crippen LogP contribution in [0.4, 0.5) is 4.79 Å². The van der Waals surface area contributed by atoms with Gasteiger partial charge in [0, 0.05) is 19.5 Å². The maximum atomic E-state index is 11.3. The Kier molecular flexibility index (Phi) is 4.28.